The Labute approximate surface area is 161 Å². The third-order valence-corrected chi connectivity index (χ3v) is 4.48. The molecular weight excluding hydrogens is 338 g/mol. The molecule has 2 rings (SSSR count). The number of quaternary nitrogens is 1. The number of rotatable bonds is 8. The van der Waals surface area contributed by atoms with Crippen molar-refractivity contribution in [2.45, 2.75) is 33.2 Å². The van der Waals surface area contributed by atoms with Crippen LogP contribution in [0.3, 0.4) is 0 Å². The Bertz CT molecular complexity index is 754. The molecule has 0 aliphatic carbocycles. The Balaban J connectivity index is 1.82. The molecule has 0 fully saturated rings. The van der Waals surface area contributed by atoms with Crippen molar-refractivity contribution >= 4 is 17.5 Å². The molecule has 0 saturated heterocycles. The highest BCUT2D eigenvalue weighted by Crippen LogP contribution is 2.16. The van der Waals surface area contributed by atoms with Gasteiger partial charge in [-0.15, -0.1) is 0 Å². The highest BCUT2D eigenvalue weighted by molar-refractivity contribution is 5.91. The van der Waals surface area contributed by atoms with E-state index < -0.39 is 0 Å². The number of hydrogen-bond acceptors (Lipinski definition) is 2. The van der Waals surface area contributed by atoms with Gasteiger partial charge in [0, 0.05) is 5.69 Å². The molecule has 0 bridgehead atoms. The summed E-state index contributed by atoms with van der Waals surface area (Å²) in [7, 11) is 1.85. The molecule has 0 heterocycles. The summed E-state index contributed by atoms with van der Waals surface area (Å²) in [6.07, 6.45) is 0.821. The van der Waals surface area contributed by atoms with E-state index in [4.69, 9.17) is 0 Å². The molecule has 3 N–H and O–H groups in total. The van der Waals surface area contributed by atoms with Crippen LogP contribution in [0, 0.1) is 13.8 Å². The molecule has 0 radical (unpaired) electrons. The monoisotopic (exact) mass is 368 g/mol. The van der Waals surface area contributed by atoms with Crippen LogP contribution in [-0.2, 0) is 9.59 Å². The molecule has 5 nitrogen and oxygen atoms in total. The Kier molecular flexibility index (Phi) is 7.55. The summed E-state index contributed by atoms with van der Waals surface area (Å²) < 4.78 is 0. The second kappa shape index (κ2) is 9.88. The molecule has 0 aliphatic heterocycles. The number of amides is 2. The van der Waals surface area contributed by atoms with Crippen LogP contribution in [0.4, 0.5) is 5.69 Å². The molecular formula is C22H30N3O2+. The fourth-order valence-corrected chi connectivity index (χ4v) is 2.92. The predicted molar refractivity (Wildman–Crippen MR) is 109 cm³/mol. The van der Waals surface area contributed by atoms with Crippen LogP contribution in [-0.4, -0.2) is 32.0 Å². The van der Waals surface area contributed by atoms with Gasteiger partial charge in [-0.1, -0.05) is 54.4 Å². The zero-order valence-corrected chi connectivity index (χ0v) is 16.6. The van der Waals surface area contributed by atoms with Crippen LogP contribution in [0.1, 0.15) is 36.1 Å². The number of likely N-dealkylation sites (N-methyl/N-ethyl adjacent to an activating group) is 1. The summed E-state index contributed by atoms with van der Waals surface area (Å²) in [5.41, 5.74) is 4.22. The minimum Gasteiger partial charge on any atom is -0.344 e. The number of aryl methyl sites for hydroxylation is 2. The maximum Gasteiger partial charge on any atom is 0.279 e. The summed E-state index contributed by atoms with van der Waals surface area (Å²) in [5, 5.41) is 5.94. The molecule has 144 valence electrons. The van der Waals surface area contributed by atoms with Gasteiger partial charge in [-0.2, -0.15) is 0 Å². The maximum atomic E-state index is 12.4. The first kappa shape index (κ1) is 20.6. The van der Waals surface area contributed by atoms with Crippen molar-refractivity contribution in [1.29, 1.82) is 0 Å². The zero-order chi connectivity index (χ0) is 19.8. The van der Waals surface area contributed by atoms with Gasteiger partial charge < -0.3 is 15.5 Å². The summed E-state index contributed by atoms with van der Waals surface area (Å²) in [5.74, 6) is -0.155. The second-order valence-corrected chi connectivity index (χ2v) is 7.16. The van der Waals surface area contributed by atoms with E-state index in [1.165, 1.54) is 5.56 Å². The van der Waals surface area contributed by atoms with Gasteiger partial charge in [0.25, 0.3) is 11.8 Å². The van der Waals surface area contributed by atoms with Crippen LogP contribution >= 0.6 is 0 Å². The van der Waals surface area contributed by atoms with E-state index in [1.54, 1.807) is 0 Å². The zero-order valence-electron chi connectivity index (χ0n) is 16.6. The number of anilines is 1. The minimum absolute atomic E-state index is 0.00714. The molecule has 2 aromatic rings. The molecule has 0 saturated carbocycles. The minimum atomic E-state index is -0.102. The van der Waals surface area contributed by atoms with Crippen LogP contribution in [0.25, 0.3) is 0 Å². The van der Waals surface area contributed by atoms with Crippen molar-refractivity contribution in [2.24, 2.45) is 0 Å². The average molecular weight is 369 g/mol. The molecule has 27 heavy (non-hydrogen) atoms. The highest BCUT2D eigenvalue weighted by Gasteiger charge is 2.18. The Morgan fingerprint density at radius 3 is 1.96 bits per heavy atom. The van der Waals surface area contributed by atoms with E-state index in [-0.39, 0.29) is 30.9 Å². The van der Waals surface area contributed by atoms with Gasteiger partial charge in [-0.3, -0.25) is 9.59 Å². The van der Waals surface area contributed by atoms with Gasteiger partial charge in [-0.25, -0.2) is 0 Å². The Hall–Kier alpha value is -2.66. The lowest BCUT2D eigenvalue weighted by molar-refractivity contribution is -0.862. The maximum absolute atomic E-state index is 12.4. The summed E-state index contributed by atoms with van der Waals surface area (Å²) >= 11 is 0. The molecule has 1 unspecified atom stereocenters. The van der Waals surface area contributed by atoms with Gasteiger partial charge in [-0.05, 0) is 38.0 Å². The van der Waals surface area contributed by atoms with E-state index in [9.17, 15) is 9.59 Å². The molecule has 5 heteroatoms. The van der Waals surface area contributed by atoms with Crippen LogP contribution in [0.5, 0.6) is 0 Å². The van der Waals surface area contributed by atoms with Gasteiger partial charge >= 0.3 is 0 Å². The van der Waals surface area contributed by atoms with Crippen molar-refractivity contribution in [3.05, 3.63) is 65.2 Å². The summed E-state index contributed by atoms with van der Waals surface area (Å²) in [6, 6.07) is 15.9. The van der Waals surface area contributed by atoms with Crippen molar-refractivity contribution in [2.75, 3.05) is 25.5 Å². The molecule has 0 aromatic heterocycles. The van der Waals surface area contributed by atoms with E-state index in [0.29, 0.717) is 0 Å². The standard InChI is InChI=1S/C22H29N3O2/c1-5-20(18-10-6-16(2)7-11-18)24-22(27)15-25(4)14-21(26)23-19-12-8-17(3)9-13-19/h6-13,20H,5,14-15H2,1-4H3,(H,23,26)(H,24,27)/p+1/t20-/m0/s1. The van der Waals surface area contributed by atoms with Gasteiger partial charge in [0.1, 0.15) is 0 Å². The smallest absolute Gasteiger partial charge is 0.279 e. The highest BCUT2D eigenvalue weighted by atomic mass is 16.2. The Morgan fingerprint density at radius 2 is 1.41 bits per heavy atom. The normalized spacial score (nSPS) is 12.9. The van der Waals surface area contributed by atoms with Crippen LogP contribution < -0.4 is 15.5 Å². The second-order valence-electron chi connectivity index (χ2n) is 7.16. The lowest BCUT2D eigenvalue weighted by atomic mass is 10.0. The van der Waals surface area contributed by atoms with E-state index in [0.717, 1.165) is 28.1 Å². The number of carbonyl (C=O) groups excluding carboxylic acids is 2. The first-order valence-corrected chi connectivity index (χ1v) is 9.41. The average Bonchev–Trinajstić information content (AvgIpc) is 2.62. The largest absolute Gasteiger partial charge is 0.344 e. The number of carbonyl (C=O) groups is 2. The summed E-state index contributed by atoms with van der Waals surface area (Å²) in [4.78, 5) is 25.4. The van der Waals surface area contributed by atoms with Crippen molar-refractivity contribution in [3.63, 3.8) is 0 Å². The summed E-state index contributed by atoms with van der Waals surface area (Å²) in [6.45, 7) is 6.59. The quantitative estimate of drug-likeness (QED) is 0.668. The molecule has 2 aromatic carbocycles. The van der Waals surface area contributed by atoms with Gasteiger partial charge in [0.05, 0.1) is 13.1 Å². The lowest BCUT2D eigenvalue weighted by Gasteiger charge is -2.19. The van der Waals surface area contributed by atoms with Crippen LogP contribution in [0.2, 0.25) is 0 Å². The third-order valence-electron chi connectivity index (χ3n) is 4.48. The van der Waals surface area contributed by atoms with Crippen molar-refractivity contribution < 1.29 is 14.5 Å². The van der Waals surface area contributed by atoms with Crippen molar-refractivity contribution in [1.82, 2.24) is 5.32 Å². The molecule has 0 aliphatic rings. The fraction of sp³-hybridized carbons (Fsp3) is 0.364. The fourth-order valence-electron chi connectivity index (χ4n) is 2.92. The topological polar surface area (TPSA) is 62.6 Å². The van der Waals surface area contributed by atoms with E-state index >= 15 is 0 Å². The van der Waals surface area contributed by atoms with Gasteiger partial charge in [0.2, 0.25) is 0 Å². The lowest BCUT2D eigenvalue weighted by Crippen LogP contribution is -3.11. The van der Waals surface area contributed by atoms with Crippen LogP contribution in [0.15, 0.2) is 48.5 Å². The SMILES string of the molecule is CC[C@H](NC(=O)C[NH+](C)CC(=O)Nc1ccc(C)cc1)c1ccc(C)cc1. The molecule has 2 amide bonds. The first-order chi connectivity index (χ1) is 12.9. The molecule has 0 spiro atoms. The first-order valence-electron chi connectivity index (χ1n) is 9.41. The molecule has 2 atom stereocenters. The third kappa shape index (κ3) is 6.87. The number of benzene rings is 2. The van der Waals surface area contributed by atoms with Crippen molar-refractivity contribution in [3.8, 4) is 0 Å². The predicted octanol–water partition coefficient (Wildman–Crippen LogP) is 2.02. The number of nitrogens with one attached hydrogen (secondary N) is 3. The van der Waals surface area contributed by atoms with E-state index in [1.807, 2.05) is 45.2 Å². The Morgan fingerprint density at radius 1 is 0.889 bits per heavy atom. The van der Waals surface area contributed by atoms with Gasteiger partial charge in [0.15, 0.2) is 13.1 Å². The van der Waals surface area contributed by atoms with E-state index in [2.05, 4.69) is 41.8 Å². The number of hydrogen-bond donors (Lipinski definition) is 3.